The second kappa shape index (κ2) is 6.64. The Balaban J connectivity index is 1.79. The van der Waals surface area contributed by atoms with E-state index in [9.17, 15) is 4.39 Å². The fraction of sp³-hybridized carbons (Fsp3) is 0.571. The van der Waals surface area contributed by atoms with Gasteiger partial charge in [0, 0.05) is 6.54 Å². The number of nitrogens with two attached hydrogens (primary N) is 1. The van der Waals surface area contributed by atoms with Crippen LogP contribution in [0.2, 0.25) is 0 Å². The van der Waals surface area contributed by atoms with Gasteiger partial charge in [-0.3, -0.25) is 0 Å². The zero-order chi connectivity index (χ0) is 13.0. The van der Waals surface area contributed by atoms with Gasteiger partial charge in [-0.25, -0.2) is 4.39 Å². The van der Waals surface area contributed by atoms with Crippen molar-refractivity contribution in [2.75, 3.05) is 26.2 Å². The van der Waals surface area contributed by atoms with Crippen LogP contribution >= 0.6 is 15.9 Å². The minimum atomic E-state index is -0.192. The second-order valence-electron chi connectivity index (χ2n) is 5.02. The van der Waals surface area contributed by atoms with Gasteiger partial charge >= 0.3 is 0 Å². The molecule has 0 aliphatic carbocycles. The average molecular weight is 315 g/mol. The fourth-order valence-corrected chi connectivity index (χ4v) is 2.85. The van der Waals surface area contributed by atoms with Crippen molar-refractivity contribution in [1.82, 2.24) is 4.90 Å². The van der Waals surface area contributed by atoms with Crippen LogP contribution < -0.4 is 5.73 Å². The van der Waals surface area contributed by atoms with E-state index in [2.05, 4.69) is 20.8 Å². The molecule has 1 saturated heterocycles. The molecule has 1 aromatic carbocycles. The van der Waals surface area contributed by atoms with E-state index in [1.54, 1.807) is 0 Å². The zero-order valence-corrected chi connectivity index (χ0v) is 12.1. The molecule has 2 N–H and O–H groups in total. The summed E-state index contributed by atoms with van der Waals surface area (Å²) < 4.78 is 13.7. The first-order valence-corrected chi connectivity index (χ1v) is 7.34. The van der Waals surface area contributed by atoms with Crippen molar-refractivity contribution >= 4 is 15.9 Å². The second-order valence-corrected chi connectivity index (χ2v) is 5.87. The number of likely N-dealkylation sites (tertiary alicyclic amines) is 1. The summed E-state index contributed by atoms with van der Waals surface area (Å²) >= 11 is 3.23. The third-order valence-electron chi connectivity index (χ3n) is 3.74. The Morgan fingerprint density at radius 1 is 1.33 bits per heavy atom. The van der Waals surface area contributed by atoms with Gasteiger partial charge in [-0.1, -0.05) is 6.07 Å². The minimum Gasteiger partial charge on any atom is -0.330 e. The average Bonchev–Trinajstić information content (AvgIpc) is 2.41. The largest absolute Gasteiger partial charge is 0.330 e. The zero-order valence-electron chi connectivity index (χ0n) is 10.5. The van der Waals surface area contributed by atoms with Crippen LogP contribution in [0.5, 0.6) is 0 Å². The molecule has 1 heterocycles. The molecule has 0 unspecified atom stereocenters. The lowest BCUT2D eigenvalue weighted by molar-refractivity contribution is 0.189. The van der Waals surface area contributed by atoms with Gasteiger partial charge in [0.25, 0.3) is 0 Å². The van der Waals surface area contributed by atoms with E-state index in [1.165, 1.54) is 24.5 Å². The molecule has 0 saturated carbocycles. The summed E-state index contributed by atoms with van der Waals surface area (Å²) in [6.07, 6.45) is 3.40. The summed E-state index contributed by atoms with van der Waals surface area (Å²) in [5, 5.41) is 0. The van der Waals surface area contributed by atoms with Crippen molar-refractivity contribution < 1.29 is 4.39 Å². The van der Waals surface area contributed by atoms with Gasteiger partial charge in [-0.2, -0.15) is 0 Å². The molecule has 0 spiro atoms. The first-order valence-electron chi connectivity index (χ1n) is 6.55. The van der Waals surface area contributed by atoms with Crippen molar-refractivity contribution in [3.63, 3.8) is 0 Å². The molecule has 0 bridgehead atoms. The van der Waals surface area contributed by atoms with Crippen LogP contribution in [-0.2, 0) is 6.42 Å². The van der Waals surface area contributed by atoms with Crippen molar-refractivity contribution in [3.05, 3.63) is 34.1 Å². The maximum atomic E-state index is 13.1. The Bertz CT molecular complexity index is 389. The predicted molar refractivity (Wildman–Crippen MR) is 76.0 cm³/mol. The van der Waals surface area contributed by atoms with E-state index >= 15 is 0 Å². The summed E-state index contributed by atoms with van der Waals surface area (Å²) in [7, 11) is 0. The summed E-state index contributed by atoms with van der Waals surface area (Å²) in [4.78, 5) is 2.48. The van der Waals surface area contributed by atoms with Gasteiger partial charge in [0.1, 0.15) is 5.82 Å². The monoisotopic (exact) mass is 314 g/mol. The molecule has 0 aromatic heterocycles. The van der Waals surface area contributed by atoms with Crippen molar-refractivity contribution in [2.45, 2.75) is 19.3 Å². The van der Waals surface area contributed by atoms with Gasteiger partial charge in [0.05, 0.1) is 4.47 Å². The van der Waals surface area contributed by atoms with Crippen LogP contribution in [0, 0.1) is 11.7 Å². The molecular formula is C14H20BrFN2. The number of piperidine rings is 1. The molecule has 1 aliphatic rings. The van der Waals surface area contributed by atoms with Crippen LogP contribution in [0.15, 0.2) is 22.7 Å². The Kier molecular flexibility index (Phi) is 5.15. The lowest BCUT2D eigenvalue weighted by Gasteiger charge is -2.31. The maximum absolute atomic E-state index is 13.1. The molecule has 2 nitrogen and oxygen atoms in total. The Labute approximate surface area is 116 Å². The van der Waals surface area contributed by atoms with Crippen LogP contribution in [0.25, 0.3) is 0 Å². The normalized spacial score (nSPS) is 18.2. The van der Waals surface area contributed by atoms with Gasteiger partial charge in [-0.15, -0.1) is 0 Å². The molecule has 1 fully saturated rings. The maximum Gasteiger partial charge on any atom is 0.137 e. The quantitative estimate of drug-likeness (QED) is 0.926. The lowest BCUT2D eigenvalue weighted by atomic mass is 9.97. The van der Waals surface area contributed by atoms with Crippen LogP contribution in [0.4, 0.5) is 4.39 Å². The number of halogens is 2. The van der Waals surface area contributed by atoms with Crippen LogP contribution in [0.1, 0.15) is 18.4 Å². The first kappa shape index (κ1) is 14.0. The lowest BCUT2D eigenvalue weighted by Crippen LogP contribution is -2.37. The predicted octanol–water partition coefficient (Wildman–Crippen LogP) is 2.80. The molecule has 0 radical (unpaired) electrons. The van der Waals surface area contributed by atoms with E-state index < -0.39 is 0 Å². The molecular weight excluding hydrogens is 295 g/mol. The molecule has 1 aliphatic heterocycles. The molecule has 2 rings (SSSR count). The summed E-state index contributed by atoms with van der Waals surface area (Å²) in [5.41, 5.74) is 6.87. The minimum absolute atomic E-state index is 0.192. The van der Waals surface area contributed by atoms with Crippen molar-refractivity contribution in [2.24, 2.45) is 11.7 Å². The molecule has 0 amide bonds. The first-order chi connectivity index (χ1) is 8.69. The van der Waals surface area contributed by atoms with Gasteiger partial charge < -0.3 is 10.6 Å². The Hall–Kier alpha value is -0.450. The van der Waals surface area contributed by atoms with Crippen LogP contribution in [-0.4, -0.2) is 31.1 Å². The summed E-state index contributed by atoms with van der Waals surface area (Å²) in [5.74, 6) is 0.517. The topological polar surface area (TPSA) is 29.3 Å². The standard InChI is InChI=1S/C14H20BrFN2/c15-13-9-11(1-2-14(13)16)3-6-18-7-4-12(10-17)5-8-18/h1-2,9,12H,3-8,10,17H2. The Morgan fingerprint density at radius 3 is 2.67 bits per heavy atom. The molecule has 18 heavy (non-hydrogen) atoms. The van der Waals surface area contributed by atoms with Crippen LogP contribution in [0.3, 0.4) is 0 Å². The Morgan fingerprint density at radius 2 is 2.06 bits per heavy atom. The number of rotatable bonds is 4. The van der Waals surface area contributed by atoms with E-state index in [0.29, 0.717) is 10.4 Å². The van der Waals surface area contributed by atoms with Gasteiger partial charge in [0.15, 0.2) is 0 Å². The third kappa shape index (κ3) is 3.77. The third-order valence-corrected chi connectivity index (χ3v) is 4.35. The van der Waals surface area contributed by atoms with Gasteiger partial charge in [-0.05, 0) is 78.4 Å². The van der Waals surface area contributed by atoms with E-state index in [4.69, 9.17) is 5.73 Å². The van der Waals surface area contributed by atoms with E-state index in [0.717, 1.165) is 32.6 Å². The molecule has 0 atom stereocenters. The van der Waals surface area contributed by atoms with Crippen molar-refractivity contribution in [1.29, 1.82) is 0 Å². The SMILES string of the molecule is NCC1CCN(CCc2ccc(F)c(Br)c2)CC1. The van der Waals surface area contributed by atoms with E-state index in [1.807, 2.05) is 12.1 Å². The van der Waals surface area contributed by atoms with E-state index in [-0.39, 0.29) is 5.82 Å². The van der Waals surface area contributed by atoms with Gasteiger partial charge in [0.2, 0.25) is 0 Å². The number of nitrogens with zero attached hydrogens (tertiary/aromatic N) is 1. The highest BCUT2D eigenvalue weighted by molar-refractivity contribution is 9.10. The molecule has 4 heteroatoms. The highest BCUT2D eigenvalue weighted by Crippen LogP contribution is 2.19. The smallest absolute Gasteiger partial charge is 0.137 e. The number of benzene rings is 1. The van der Waals surface area contributed by atoms with Crippen molar-refractivity contribution in [3.8, 4) is 0 Å². The highest BCUT2D eigenvalue weighted by atomic mass is 79.9. The summed E-state index contributed by atoms with van der Waals surface area (Å²) in [6.45, 7) is 4.16. The highest BCUT2D eigenvalue weighted by Gasteiger charge is 2.17. The molecule has 1 aromatic rings. The number of hydrogen-bond acceptors (Lipinski definition) is 2. The fourth-order valence-electron chi connectivity index (χ4n) is 2.43. The summed E-state index contributed by atoms with van der Waals surface area (Å²) in [6, 6.07) is 5.27. The number of hydrogen-bond donors (Lipinski definition) is 1. The molecule has 100 valence electrons.